The molecule has 0 radical (unpaired) electrons. The van der Waals surface area contributed by atoms with Gasteiger partial charge in [0.25, 0.3) is 0 Å². The maximum absolute atomic E-state index is 11.9. The lowest BCUT2D eigenvalue weighted by Crippen LogP contribution is -2.27. The summed E-state index contributed by atoms with van der Waals surface area (Å²) in [4.78, 5) is 23.2. The quantitative estimate of drug-likeness (QED) is 0.554. The number of nitrogens with zero attached hydrogens (tertiary/aromatic N) is 2. The van der Waals surface area contributed by atoms with Gasteiger partial charge in [0.1, 0.15) is 15.7 Å². The van der Waals surface area contributed by atoms with Crippen molar-refractivity contribution in [3.05, 3.63) is 42.2 Å². The highest BCUT2D eigenvalue weighted by Crippen LogP contribution is 2.36. The van der Waals surface area contributed by atoms with Gasteiger partial charge in [0.2, 0.25) is 5.91 Å². The number of aromatic nitrogens is 2. The van der Waals surface area contributed by atoms with Crippen LogP contribution in [0.3, 0.4) is 0 Å². The average molecular weight is 355 g/mol. The molecule has 0 bridgehead atoms. The van der Waals surface area contributed by atoms with Crippen molar-refractivity contribution >= 4 is 39.2 Å². The summed E-state index contributed by atoms with van der Waals surface area (Å²) in [7, 11) is 0. The Morgan fingerprint density at radius 2 is 2.08 bits per heavy atom. The Labute approximate surface area is 148 Å². The minimum atomic E-state index is 0.0884. The van der Waals surface area contributed by atoms with Crippen LogP contribution in [0.2, 0.25) is 0 Å². The first kappa shape index (κ1) is 15.6. The maximum atomic E-state index is 11.9. The van der Waals surface area contributed by atoms with Gasteiger partial charge in [0, 0.05) is 16.3 Å². The third-order valence-corrected chi connectivity index (χ3v) is 5.88. The van der Waals surface area contributed by atoms with E-state index in [4.69, 9.17) is 0 Å². The van der Waals surface area contributed by atoms with Gasteiger partial charge in [-0.3, -0.25) is 4.79 Å². The molecule has 2 heterocycles. The number of amides is 1. The molecule has 1 fully saturated rings. The van der Waals surface area contributed by atoms with Crippen molar-refractivity contribution in [1.29, 1.82) is 0 Å². The van der Waals surface area contributed by atoms with Crippen LogP contribution in [0.1, 0.15) is 18.7 Å². The summed E-state index contributed by atoms with van der Waals surface area (Å²) in [5.74, 6) is 1.23. The molecule has 1 amide bonds. The fourth-order valence-electron chi connectivity index (χ4n) is 2.48. The second-order valence-corrected chi connectivity index (χ2v) is 7.90. The van der Waals surface area contributed by atoms with E-state index in [1.54, 1.807) is 11.3 Å². The van der Waals surface area contributed by atoms with Gasteiger partial charge < -0.3 is 5.32 Å². The number of benzene rings is 1. The molecule has 1 aliphatic carbocycles. The summed E-state index contributed by atoms with van der Waals surface area (Å²) < 4.78 is 0. The van der Waals surface area contributed by atoms with E-state index in [2.05, 4.69) is 33.5 Å². The fraction of sp³-hybridized carbons (Fsp3) is 0.278. The van der Waals surface area contributed by atoms with Crippen LogP contribution in [0.4, 0.5) is 0 Å². The van der Waals surface area contributed by atoms with E-state index in [-0.39, 0.29) is 5.91 Å². The lowest BCUT2D eigenvalue weighted by molar-refractivity contribution is -0.118. The monoisotopic (exact) mass is 355 g/mol. The number of hydrogen-bond donors (Lipinski definition) is 1. The van der Waals surface area contributed by atoms with Gasteiger partial charge in [-0.05, 0) is 31.4 Å². The van der Waals surface area contributed by atoms with E-state index in [0.29, 0.717) is 11.8 Å². The van der Waals surface area contributed by atoms with E-state index in [0.717, 1.165) is 33.9 Å². The molecule has 24 heavy (non-hydrogen) atoms. The summed E-state index contributed by atoms with van der Waals surface area (Å²) in [6, 6.07) is 12.8. The van der Waals surface area contributed by atoms with Crippen molar-refractivity contribution in [1.82, 2.24) is 15.3 Å². The number of carbonyl (C=O) groups excluding carboxylic acids is 1. The highest BCUT2D eigenvalue weighted by molar-refractivity contribution is 8.00. The van der Waals surface area contributed by atoms with Gasteiger partial charge in [-0.2, -0.15) is 0 Å². The molecule has 4 rings (SSSR count). The van der Waals surface area contributed by atoms with Crippen molar-refractivity contribution < 1.29 is 4.79 Å². The van der Waals surface area contributed by atoms with Gasteiger partial charge in [-0.25, -0.2) is 9.97 Å². The average Bonchev–Trinajstić information content (AvgIpc) is 3.29. The standard InChI is InChI=1S/C18H17N3OS2/c1-11-19-17(23-10-16(22)21-13-7-8-13)14-9-15(24-18(14)20-11)12-5-3-2-4-6-12/h2-6,9,13H,7-8,10H2,1H3,(H,21,22). The number of thiophene rings is 1. The largest absolute Gasteiger partial charge is 0.353 e. The molecule has 4 nitrogen and oxygen atoms in total. The highest BCUT2D eigenvalue weighted by Gasteiger charge is 2.23. The first-order chi connectivity index (χ1) is 11.7. The first-order valence-electron chi connectivity index (χ1n) is 7.95. The van der Waals surface area contributed by atoms with E-state index >= 15 is 0 Å². The predicted molar refractivity (Wildman–Crippen MR) is 99.5 cm³/mol. The number of thioether (sulfide) groups is 1. The van der Waals surface area contributed by atoms with E-state index in [9.17, 15) is 4.79 Å². The van der Waals surface area contributed by atoms with Crippen molar-refractivity contribution in [2.45, 2.75) is 30.8 Å². The van der Waals surface area contributed by atoms with Gasteiger partial charge in [0.15, 0.2) is 0 Å². The Morgan fingerprint density at radius 1 is 1.29 bits per heavy atom. The van der Waals surface area contributed by atoms with Crippen LogP contribution < -0.4 is 5.32 Å². The highest BCUT2D eigenvalue weighted by atomic mass is 32.2. The lowest BCUT2D eigenvalue weighted by Gasteiger charge is -2.04. The van der Waals surface area contributed by atoms with Crippen LogP contribution in [-0.2, 0) is 4.79 Å². The third kappa shape index (κ3) is 3.44. The number of aryl methyl sites for hydroxylation is 1. The SMILES string of the molecule is Cc1nc(SCC(=O)NC2CC2)c2cc(-c3ccccc3)sc2n1. The molecule has 0 atom stereocenters. The van der Waals surface area contributed by atoms with Crippen LogP contribution in [0, 0.1) is 6.92 Å². The molecule has 0 saturated heterocycles. The van der Waals surface area contributed by atoms with Crippen LogP contribution >= 0.6 is 23.1 Å². The molecule has 3 aromatic rings. The normalized spacial score (nSPS) is 14.0. The Morgan fingerprint density at radius 3 is 2.83 bits per heavy atom. The van der Waals surface area contributed by atoms with Crippen molar-refractivity contribution in [3.63, 3.8) is 0 Å². The molecule has 0 spiro atoms. The summed E-state index contributed by atoms with van der Waals surface area (Å²) in [6.07, 6.45) is 2.22. The molecule has 1 aromatic carbocycles. The zero-order valence-electron chi connectivity index (χ0n) is 13.3. The topological polar surface area (TPSA) is 54.9 Å². The Kier molecular flexibility index (Phi) is 4.24. The van der Waals surface area contributed by atoms with Crippen molar-refractivity contribution in [2.75, 3.05) is 5.75 Å². The zero-order chi connectivity index (χ0) is 16.5. The van der Waals surface area contributed by atoms with Gasteiger partial charge >= 0.3 is 0 Å². The second kappa shape index (κ2) is 6.53. The zero-order valence-corrected chi connectivity index (χ0v) is 14.9. The van der Waals surface area contributed by atoms with Crippen LogP contribution in [0.15, 0.2) is 41.4 Å². The summed E-state index contributed by atoms with van der Waals surface area (Å²) in [5, 5.41) is 4.94. The molecule has 1 aliphatic rings. The summed E-state index contributed by atoms with van der Waals surface area (Å²) in [5.41, 5.74) is 1.18. The molecule has 1 saturated carbocycles. The molecular weight excluding hydrogens is 338 g/mol. The molecular formula is C18H17N3OS2. The van der Waals surface area contributed by atoms with Crippen LogP contribution in [0.25, 0.3) is 20.7 Å². The summed E-state index contributed by atoms with van der Waals surface area (Å²) >= 11 is 3.16. The molecule has 0 aliphatic heterocycles. The maximum Gasteiger partial charge on any atom is 0.230 e. The van der Waals surface area contributed by atoms with Gasteiger partial charge in [-0.1, -0.05) is 42.1 Å². The molecule has 122 valence electrons. The number of fused-ring (bicyclic) bond motifs is 1. The molecule has 2 aromatic heterocycles. The van der Waals surface area contributed by atoms with Crippen LogP contribution in [0.5, 0.6) is 0 Å². The smallest absolute Gasteiger partial charge is 0.230 e. The fourth-order valence-corrected chi connectivity index (χ4v) is 4.49. The van der Waals surface area contributed by atoms with Crippen LogP contribution in [-0.4, -0.2) is 27.7 Å². The first-order valence-corrected chi connectivity index (χ1v) is 9.75. The number of carbonyl (C=O) groups is 1. The van der Waals surface area contributed by atoms with E-state index in [1.807, 2.05) is 25.1 Å². The third-order valence-electron chi connectivity index (χ3n) is 3.81. The Bertz CT molecular complexity index is 888. The van der Waals surface area contributed by atoms with Crippen molar-refractivity contribution in [2.24, 2.45) is 0 Å². The molecule has 0 unspecified atom stereocenters. The summed E-state index contributed by atoms with van der Waals surface area (Å²) in [6.45, 7) is 1.90. The lowest BCUT2D eigenvalue weighted by atomic mass is 10.2. The van der Waals surface area contributed by atoms with Crippen molar-refractivity contribution in [3.8, 4) is 10.4 Å². The Hall–Kier alpha value is -1.92. The van der Waals surface area contributed by atoms with E-state index in [1.165, 1.54) is 22.2 Å². The second-order valence-electron chi connectivity index (χ2n) is 5.90. The minimum Gasteiger partial charge on any atom is -0.353 e. The minimum absolute atomic E-state index is 0.0884. The molecule has 6 heteroatoms. The van der Waals surface area contributed by atoms with Gasteiger partial charge in [0.05, 0.1) is 5.75 Å². The number of hydrogen-bond acceptors (Lipinski definition) is 5. The Balaban J connectivity index is 1.61. The van der Waals surface area contributed by atoms with E-state index < -0.39 is 0 Å². The number of nitrogens with one attached hydrogen (secondary N) is 1. The number of rotatable bonds is 5. The molecule has 1 N–H and O–H groups in total. The van der Waals surface area contributed by atoms with Gasteiger partial charge in [-0.15, -0.1) is 11.3 Å². The predicted octanol–water partition coefficient (Wildman–Crippen LogP) is 4.04.